The lowest BCUT2D eigenvalue weighted by Gasteiger charge is -2.28. The number of amides is 1. The average Bonchev–Trinajstić information content (AvgIpc) is 2.48. The molecule has 0 radical (unpaired) electrons. The molecule has 1 unspecified atom stereocenters. The molecule has 0 aliphatic heterocycles. The van der Waals surface area contributed by atoms with Gasteiger partial charge in [-0.2, -0.15) is 0 Å². The number of nitrogens with one attached hydrogen (secondary N) is 2. The molecular weight excluding hydrogens is 250 g/mol. The highest BCUT2D eigenvalue weighted by Gasteiger charge is 2.21. The molecule has 4 N–H and O–H groups in total. The van der Waals surface area contributed by atoms with Gasteiger partial charge in [0.25, 0.3) is 5.91 Å². The average molecular weight is 273 g/mol. The third kappa shape index (κ3) is 3.38. The zero-order valence-electron chi connectivity index (χ0n) is 12.0. The molecule has 0 spiro atoms. The second kappa shape index (κ2) is 6.55. The van der Waals surface area contributed by atoms with Crippen molar-refractivity contribution in [2.45, 2.75) is 45.1 Å². The lowest BCUT2D eigenvalue weighted by molar-refractivity contribution is 0.0919. The number of hydrogen-bond acceptors (Lipinski definition) is 3. The Morgan fingerprint density at radius 2 is 2.10 bits per heavy atom. The number of rotatable bonds is 4. The molecule has 1 aliphatic carbocycles. The van der Waals surface area contributed by atoms with Crippen LogP contribution in [0.2, 0.25) is 0 Å². The van der Waals surface area contributed by atoms with Crippen molar-refractivity contribution >= 4 is 17.8 Å². The molecule has 1 fully saturated rings. The molecule has 1 aromatic rings. The minimum Gasteiger partial charge on any atom is -0.398 e. The molecule has 0 heterocycles. The summed E-state index contributed by atoms with van der Waals surface area (Å²) in [6, 6.07) is 5.26. The zero-order chi connectivity index (χ0) is 14.5. The van der Waals surface area contributed by atoms with Gasteiger partial charge in [0.15, 0.2) is 0 Å². The fourth-order valence-electron chi connectivity index (χ4n) is 2.88. The Balaban J connectivity index is 2.02. The fraction of sp³-hybridized carbons (Fsp3) is 0.500. The van der Waals surface area contributed by atoms with Gasteiger partial charge in [0, 0.05) is 29.1 Å². The van der Waals surface area contributed by atoms with E-state index in [-0.39, 0.29) is 11.9 Å². The van der Waals surface area contributed by atoms with E-state index in [1.807, 2.05) is 0 Å². The van der Waals surface area contributed by atoms with Crippen LogP contribution in [0.5, 0.6) is 0 Å². The van der Waals surface area contributed by atoms with Crippen LogP contribution in [0.3, 0.4) is 0 Å². The van der Waals surface area contributed by atoms with Crippen LogP contribution in [-0.4, -0.2) is 18.2 Å². The first kappa shape index (κ1) is 14.6. The van der Waals surface area contributed by atoms with Gasteiger partial charge in [-0.05, 0) is 43.9 Å². The molecule has 1 atom stereocenters. The van der Waals surface area contributed by atoms with Crippen LogP contribution in [-0.2, 0) is 0 Å². The molecule has 20 heavy (non-hydrogen) atoms. The summed E-state index contributed by atoms with van der Waals surface area (Å²) in [5, 5.41) is 10.4. The molecule has 0 bridgehead atoms. The smallest absolute Gasteiger partial charge is 0.251 e. The van der Waals surface area contributed by atoms with Gasteiger partial charge in [0.05, 0.1) is 0 Å². The standard InChI is InChI=1S/C16H23N3O/c1-11(12-5-3-2-4-6-12)19-16(20)13-7-8-15(18)14(9-13)10-17/h7-12,17H,2-6,18H2,1H3,(H,19,20). The van der Waals surface area contributed by atoms with Gasteiger partial charge in [0.2, 0.25) is 0 Å². The molecule has 4 nitrogen and oxygen atoms in total. The first-order chi connectivity index (χ1) is 9.61. The highest BCUT2D eigenvalue weighted by atomic mass is 16.1. The van der Waals surface area contributed by atoms with Gasteiger partial charge in [-0.3, -0.25) is 4.79 Å². The number of nitrogen functional groups attached to an aromatic ring is 1. The normalized spacial score (nSPS) is 17.4. The van der Waals surface area contributed by atoms with Crippen molar-refractivity contribution in [3.63, 3.8) is 0 Å². The maximum atomic E-state index is 12.3. The summed E-state index contributed by atoms with van der Waals surface area (Å²) < 4.78 is 0. The van der Waals surface area contributed by atoms with Gasteiger partial charge in [-0.25, -0.2) is 0 Å². The van der Waals surface area contributed by atoms with Crippen LogP contribution in [0.15, 0.2) is 18.2 Å². The monoisotopic (exact) mass is 273 g/mol. The maximum absolute atomic E-state index is 12.3. The van der Waals surface area contributed by atoms with E-state index in [0.717, 1.165) is 0 Å². The quantitative estimate of drug-likeness (QED) is 0.582. The Hall–Kier alpha value is -1.84. The van der Waals surface area contributed by atoms with Gasteiger partial charge in [0.1, 0.15) is 0 Å². The van der Waals surface area contributed by atoms with E-state index in [0.29, 0.717) is 22.7 Å². The highest BCUT2D eigenvalue weighted by molar-refractivity contribution is 5.97. The molecule has 2 rings (SSSR count). The molecule has 1 amide bonds. The Morgan fingerprint density at radius 3 is 2.75 bits per heavy atom. The van der Waals surface area contributed by atoms with Gasteiger partial charge < -0.3 is 16.5 Å². The minimum atomic E-state index is -0.0776. The van der Waals surface area contributed by atoms with Crippen LogP contribution in [0.1, 0.15) is 54.9 Å². The molecule has 108 valence electrons. The van der Waals surface area contributed by atoms with Crippen molar-refractivity contribution < 1.29 is 4.79 Å². The second-order valence-corrected chi connectivity index (χ2v) is 5.65. The van der Waals surface area contributed by atoms with E-state index in [1.165, 1.54) is 38.3 Å². The molecule has 1 aliphatic rings. The predicted molar refractivity (Wildman–Crippen MR) is 82.2 cm³/mol. The summed E-state index contributed by atoms with van der Waals surface area (Å²) in [6.07, 6.45) is 7.44. The molecule has 0 saturated heterocycles. The van der Waals surface area contributed by atoms with Crippen molar-refractivity contribution in [1.29, 1.82) is 5.41 Å². The molecule has 1 aromatic carbocycles. The van der Waals surface area contributed by atoms with E-state index >= 15 is 0 Å². The number of hydrogen-bond donors (Lipinski definition) is 3. The predicted octanol–water partition coefficient (Wildman–Crippen LogP) is 2.97. The summed E-state index contributed by atoms with van der Waals surface area (Å²) in [5.41, 5.74) is 7.42. The number of nitrogens with two attached hydrogens (primary N) is 1. The number of benzene rings is 1. The lowest BCUT2D eigenvalue weighted by atomic mass is 9.84. The van der Waals surface area contributed by atoms with Crippen LogP contribution < -0.4 is 11.1 Å². The third-order valence-corrected chi connectivity index (χ3v) is 4.22. The Kier molecular flexibility index (Phi) is 4.77. The largest absolute Gasteiger partial charge is 0.398 e. The molecule has 0 aromatic heterocycles. The van der Waals surface area contributed by atoms with Crippen molar-refractivity contribution in [2.75, 3.05) is 5.73 Å². The number of carbonyl (C=O) groups is 1. The summed E-state index contributed by atoms with van der Waals surface area (Å²) in [5.74, 6) is 0.509. The van der Waals surface area contributed by atoms with E-state index < -0.39 is 0 Å². The van der Waals surface area contributed by atoms with E-state index in [4.69, 9.17) is 11.1 Å². The SMILES string of the molecule is CC(NC(=O)c1ccc(N)c(C=N)c1)C1CCCCC1. The Morgan fingerprint density at radius 1 is 1.40 bits per heavy atom. The Labute approximate surface area is 120 Å². The first-order valence-corrected chi connectivity index (χ1v) is 7.32. The summed E-state index contributed by atoms with van der Waals surface area (Å²) >= 11 is 0. The van der Waals surface area contributed by atoms with Gasteiger partial charge in [-0.15, -0.1) is 0 Å². The highest BCUT2D eigenvalue weighted by Crippen LogP contribution is 2.26. The van der Waals surface area contributed by atoms with Crippen LogP contribution in [0, 0.1) is 11.3 Å². The van der Waals surface area contributed by atoms with Crippen molar-refractivity contribution in [3.8, 4) is 0 Å². The lowest BCUT2D eigenvalue weighted by Crippen LogP contribution is -2.38. The van der Waals surface area contributed by atoms with Crippen molar-refractivity contribution in [3.05, 3.63) is 29.3 Å². The van der Waals surface area contributed by atoms with Crippen LogP contribution in [0.25, 0.3) is 0 Å². The minimum absolute atomic E-state index is 0.0776. The number of carbonyl (C=O) groups excluding carboxylic acids is 1. The summed E-state index contributed by atoms with van der Waals surface area (Å²) in [7, 11) is 0. The van der Waals surface area contributed by atoms with Crippen molar-refractivity contribution in [1.82, 2.24) is 5.32 Å². The summed E-state index contributed by atoms with van der Waals surface area (Å²) in [4.78, 5) is 12.3. The number of anilines is 1. The van der Waals surface area contributed by atoms with Gasteiger partial charge in [-0.1, -0.05) is 19.3 Å². The molecule has 4 heteroatoms. The van der Waals surface area contributed by atoms with Gasteiger partial charge >= 0.3 is 0 Å². The van der Waals surface area contributed by atoms with Crippen molar-refractivity contribution in [2.24, 2.45) is 5.92 Å². The van der Waals surface area contributed by atoms with E-state index in [2.05, 4.69) is 12.2 Å². The topological polar surface area (TPSA) is 79.0 Å². The maximum Gasteiger partial charge on any atom is 0.251 e. The van der Waals surface area contributed by atoms with Crippen LogP contribution in [0.4, 0.5) is 5.69 Å². The fourth-order valence-corrected chi connectivity index (χ4v) is 2.88. The molecule has 1 saturated carbocycles. The Bertz CT molecular complexity index is 492. The zero-order valence-corrected chi connectivity index (χ0v) is 12.0. The summed E-state index contributed by atoms with van der Waals surface area (Å²) in [6.45, 7) is 2.09. The second-order valence-electron chi connectivity index (χ2n) is 5.65. The van der Waals surface area contributed by atoms with E-state index in [9.17, 15) is 4.79 Å². The van der Waals surface area contributed by atoms with Crippen LogP contribution >= 0.6 is 0 Å². The third-order valence-electron chi connectivity index (χ3n) is 4.22. The van der Waals surface area contributed by atoms with E-state index in [1.54, 1.807) is 18.2 Å². The molecular formula is C16H23N3O. The first-order valence-electron chi connectivity index (χ1n) is 7.32.